The van der Waals surface area contributed by atoms with Gasteiger partial charge in [0.05, 0.1) is 5.56 Å². The fourth-order valence-electron chi connectivity index (χ4n) is 3.76. The van der Waals surface area contributed by atoms with E-state index in [1.807, 2.05) is 0 Å². The molecule has 0 aliphatic heterocycles. The van der Waals surface area contributed by atoms with Crippen LogP contribution in [0.1, 0.15) is 44.2 Å². The molecule has 0 radical (unpaired) electrons. The molecule has 2 aromatic carbocycles. The van der Waals surface area contributed by atoms with Crippen LogP contribution >= 0.6 is 0 Å². The van der Waals surface area contributed by atoms with E-state index in [0.717, 1.165) is 12.8 Å². The molecule has 4 nitrogen and oxygen atoms in total. The third-order valence-corrected chi connectivity index (χ3v) is 5.02. The molecule has 23 heavy (non-hydrogen) atoms. The highest BCUT2D eigenvalue weighted by Crippen LogP contribution is 2.54. The van der Waals surface area contributed by atoms with E-state index in [1.165, 1.54) is 23.3 Å². The standard InChI is InChI=1S/C19H17NO3/c21-18(12-5-7-13(8-6-12)19(22)23)20-17-15-10-9-11-3-1-2-4-14(11)16(15)17/h1-8,15-17H,9-10H2,(H,20,21)(H,22,23). The van der Waals surface area contributed by atoms with Crippen molar-refractivity contribution in [3.63, 3.8) is 0 Å². The van der Waals surface area contributed by atoms with E-state index in [9.17, 15) is 9.59 Å². The Kier molecular flexibility index (Phi) is 3.18. The van der Waals surface area contributed by atoms with E-state index in [1.54, 1.807) is 12.1 Å². The van der Waals surface area contributed by atoms with Crippen LogP contribution in [0.4, 0.5) is 0 Å². The highest BCUT2D eigenvalue weighted by atomic mass is 16.4. The predicted octanol–water partition coefficient (Wildman–Crippen LogP) is 2.84. The summed E-state index contributed by atoms with van der Waals surface area (Å²) in [6.45, 7) is 0. The second-order valence-electron chi connectivity index (χ2n) is 6.31. The van der Waals surface area contributed by atoms with Crippen molar-refractivity contribution in [3.8, 4) is 0 Å². The van der Waals surface area contributed by atoms with Crippen LogP contribution in [-0.2, 0) is 6.42 Å². The molecule has 116 valence electrons. The van der Waals surface area contributed by atoms with Crippen molar-refractivity contribution in [2.45, 2.75) is 24.8 Å². The van der Waals surface area contributed by atoms with Gasteiger partial charge in [-0.1, -0.05) is 24.3 Å². The van der Waals surface area contributed by atoms with Gasteiger partial charge in [-0.25, -0.2) is 4.79 Å². The summed E-state index contributed by atoms with van der Waals surface area (Å²) in [5.41, 5.74) is 3.47. The van der Waals surface area contributed by atoms with Gasteiger partial charge in [0, 0.05) is 17.5 Å². The van der Waals surface area contributed by atoms with Gasteiger partial charge >= 0.3 is 5.97 Å². The fraction of sp³-hybridized carbons (Fsp3) is 0.263. The number of aromatic carboxylic acids is 1. The first-order valence-electron chi connectivity index (χ1n) is 7.87. The van der Waals surface area contributed by atoms with E-state index >= 15 is 0 Å². The van der Waals surface area contributed by atoms with Crippen molar-refractivity contribution in [3.05, 3.63) is 70.8 Å². The van der Waals surface area contributed by atoms with Gasteiger partial charge in [-0.05, 0) is 54.2 Å². The molecular formula is C19H17NO3. The molecule has 2 aromatic rings. The van der Waals surface area contributed by atoms with Gasteiger partial charge in [-0.15, -0.1) is 0 Å². The molecule has 2 N–H and O–H groups in total. The summed E-state index contributed by atoms with van der Waals surface area (Å²) < 4.78 is 0. The number of carbonyl (C=O) groups excluding carboxylic acids is 1. The SMILES string of the molecule is O=C(O)c1ccc(C(=O)NC2C3CCc4ccccc4C32)cc1. The highest BCUT2D eigenvalue weighted by molar-refractivity contribution is 5.96. The average Bonchev–Trinajstić information content (AvgIpc) is 3.28. The molecule has 3 unspecified atom stereocenters. The number of nitrogens with one attached hydrogen (secondary N) is 1. The first-order chi connectivity index (χ1) is 11.1. The molecule has 2 aliphatic carbocycles. The van der Waals surface area contributed by atoms with Gasteiger partial charge in [-0.2, -0.15) is 0 Å². The van der Waals surface area contributed by atoms with E-state index in [-0.39, 0.29) is 17.5 Å². The summed E-state index contributed by atoms with van der Waals surface area (Å²) in [6, 6.07) is 14.7. The molecule has 0 heterocycles. The van der Waals surface area contributed by atoms with Crippen molar-refractivity contribution in [1.29, 1.82) is 0 Å². The van der Waals surface area contributed by atoms with E-state index in [2.05, 4.69) is 29.6 Å². The van der Waals surface area contributed by atoms with Crippen LogP contribution < -0.4 is 5.32 Å². The van der Waals surface area contributed by atoms with Crippen molar-refractivity contribution >= 4 is 11.9 Å². The second-order valence-corrected chi connectivity index (χ2v) is 6.31. The largest absolute Gasteiger partial charge is 0.478 e. The predicted molar refractivity (Wildman–Crippen MR) is 85.6 cm³/mol. The van der Waals surface area contributed by atoms with Crippen LogP contribution in [0, 0.1) is 5.92 Å². The van der Waals surface area contributed by atoms with Crippen LogP contribution in [0.5, 0.6) is 0 Å². The number of fused-ring (bicyclic) bond motifs is 3. The van der Waals surface area contributed by atoms with Gasteiger partial charge < -0.3 is 10.4 Å². The highest BCUT2D eigenvalue weighted by Gasteiger charge is 2.53. The van der Waals surface area contributed by atoms with Crippen molar-refractivity contribution < 1.29 is 14.7 Å². The van der Waals surface area contributed by atoms with Crippen LogP contribution in [0.2, 0.25) is 0 Å². The van der Waals surface area contributed by atoms with Crippen molar-refractivity contribution in [2.24, 2.45) is 5.92 Å². The zero-order chi connectivity index (χ0) is 16.0. The van der Waals surface area contributed by atoms with Crippen molar-refractivity contribution in [2.75, 3.05) is 0 Å². The lowest BCUT2D eigenvalue weighted by atomic mass is 9.92. The Hall–Kier alpha value is -2.62. The van der Waals surface area contributed by atoms with Crippen LogP contribution in [0.15, 0.2) is 48.5 Å². The monoisotopic (exact) mass is 307 g/mol. The quantitative estimate of drug-likeness (QED) is 0.916. The number of hydrogen-bond donors (Lipinski definition) is 2. The maximum Gasteiger partial charge on any atom is 0.335 e. The lowest BCUT2D eigenvalue weighted by molar-refractivity contribution is 0.0696. The number of carboxylic acids is 1. The molecule has 0 saturated heterocycles. The maximum atomic E-state index is 12.4. The van der Waals surface area contributed by atoms with Crippen LogP contribution in [-0.4, -0.2) is 23.0 Å². The fourth-order valence-corrected chi connectivity index (χ4v) is 3.76. The second kappa shape index (κ2) is 5.23. The summed E-state index contributed by atoms with van der Waals surface area (Å²) in [7, 11) is 0. The van der Waals surface area contributed by atoms with Crippen LogP contribution in [0.25, 0.3) is 0 Å². The molecule has 0 spiro atoms. The maximum absolute atomic E-state index is 12.4. The number of carbonyl (C=O) groups is 2. The van der Waals surface area contributed by atoms with Gasteiger partial charge in [0.1, 0.15) is 0 Å². The minimum atomic E-state index is -0.984. The Morgan fingerprint density at radius 2 is 1.70 bits per heavy atom. The smallest absolute Gasteiger partial charge is 0.335 e. The molecular weight excluding hydrogens is 290 g/mol. The molecule has 3 atom stereocenters. The van der Waals surface area contributed by atoms with E-state index < -0.39 is 5.97 Å². The Labute approximate surface area is 134 Å². The number of benzene rings is 2. The molecule has 1 saturated carbocycles. The summed E-state index contributed by atoms with van der Waals surface area (Å²) in [4.78, 5) is 23.2. The average molecular weight is 307 g/mol. The minimum Gasteiger partial charge on any atom is -0.478 e. The van der Waals surface area contributed by atoms with Gasteiger partial charge in [0.15, 0.2) is 0 Å². The first-order valence-corrected chi connectivity index (χ1v) is 7.87. The zero-order valence-corrected chi connectivity index (χ0v) is 12.5. The number of hydrogen-bond acceptors (Lipinski definition) is 2. The summed E-state index contributed by atoms with van der Waals surface area (Å²) in [5, 5.41) is 12.0. The lowest BCUT2D eigenvalue weighted by Crippen LogP contribution is -2.27. The third-order valence-electron chi connectivity index (χ3n) is 5.02. The molecule has 0 aromatic heterocycles. The van der Waals surface area contributed by atoms with E-state index in [4.69, 9.17) is 5.11 Å². The number of carboxylic acid groups (broad SMARTS) is 1. The first kappa shape index (κ1) is 14.0. The number of aryl methyl sites for hydroxylation is 1. The number of amides is 1. The third kappa shape index (κ3) is 2.40. The molecule has 4 rings (SSSR count). The molecule has 1 amide bonds. The topological polar surface area (TPSA) is 66.4 Å². The van der Waals surface area contributed by atoms with E-state index in [0.29, 0.717) is 17.4 Å². The lowest BCUT2D eigenvalue weighted by Gasteiger charge is -2.13. The Morgan fingerprint density at radius 1 is 1.00 bits per heavy atom. The Bertz CT molecular complexity index is 781. The summed E-state index contributed by atoms with van der Waals surface area (Å²) >= 11 is 0. The van der Waals surface area contributed by atoms with Gasteiger partial charge in [-0.3, -0.25) is 4.79 Å². The number of rotatable bonds is 3. The van der Waals surface area contributed by atoms with Crippen LogP contribution in [0.3, 0.4) is 0 Å². The normalized spacial score (nSPS) is 24.3. The summed E-state index contributed by atoms with van der Waals surface area (Å²) in [5.74, 6) is -0.144. The molecule has 2 aliphatic rings. The van der Waals surface area contributed by atoms with Crippen molar-refractivity contribution in [1.82, 2.24) is 5.32 Å². The Balaban J connectivity index is 1.48. The van der Waals surface area contributed by atoms with Gasteiger partial charge in [0.25, 0.3) is 5.91 Å². The molecule has 0 bridgehead atoms. The molecule has 1 fully saturated rings. The summed E-state index contributed by atoms with van der Waals surface area (Å²) in [6.07, 6.45) is 2.20. The Morgan fingerprint density at radius 3 is 2.43 bits per heavy atom. The zero-order valence-electron chi connectivity index (χ0n) is 12.5. The minimum absolute atomic E-state index is 0.126. The van der Waals surface area contributed by atoms with Gasteiger partial charge in [0.2, 0.25) is 0 Å². The molecule has 4 heteroatoms.